The van der Waals surface area contributed by atoms with Gasteiger partial charge in [0.25, 0.3) is 5.91 Å². The van der Waals surface area contributed by atoms with Crippen molar-refractivity contribution in [1.82, 2.24) is 24.6 Å². The molecule has 1 aliphatic rings. The van der Waals surface area contributed by atoms with Crippen molar-refractivity contribution in [3.8, 4) is 5.69 Å². The van der Waals surface area contributed by atoms with E-state index in [1.165, 1.54) is 5.56 Å². The molecule has 0 spiro atoms. The standard InChI is InChI=1S/C20H20ClN5O/c21-17-2-1-3-18(14-17)26-9-6-19(23-26)20(27)25-12-10-24(11-13-25)15-16-4-7-22-8-5-16/h1-9,14H,10-13,15H2. The van der Waals surface area contributed by atoms with Gasteiger partial charge in [0.1, 0.15) is 0 Å². The van der Waals surface area contributed by atoms with Gasteiger partial charge < -0.3 is 4.90 Å². The molecule has 3 aromatic rings. The monoisotopic (exact) mass is 381 g/mol. The molecule has 1 fully saturated rings. The topological polar surface area (TPSA) is 54.3 Å². The Balaban J connectivity index is 1.37. The summed E-state index contributed by atoms with van der Waals surface area (Å²) >= 11 is 6.03. The van der Waals surface area contributed by atoms with Crippen molar-refractivity contribution in [2.24, 2.45) is 0 Å². The van der Waals surface area contributed by atoms with Crippen LogP contribution in [0.1, 0.15) is 16.1 Å². The van der Waals surface area contributed by atoms with Crippen LogP contribution < -0.4 is 0 Å². The molecule has 1 amide bonds. The number of carbonyl (C=O) groups is 1. The van der Waals surface area contributed by atoms with Gasteiger partial charge in [-0.1, -0.05) is 17.7 Å². The average Bonchev–Trinajstić information content (AvgIpc) is 3.19. The van der Waals surface area contributed by atoms with Gasteiger partial charge in [0.05, 0.1) is 5.69 Å². The van der Waals surface area contributed by atoms with Crippen LogP contribution in [0, 0.1) is 0 Å². The number of benzene rings is 1. The second-order valence-electron chi connectivity index (χ2n) is 6.55. The summed E-state index contributed by atoms with van der Waals surface area (Å²) in [7, 11) is 0. The van der Waals surface area contributed by atoms with E-state index in [2.05, 4.69) is 15.0 Å². The number of nitrogens with zero attached hydrogens (tertiary/aromatic N) is 5. The van der Waals surface area contributed by atoms with Crippen molar-refractivity contribution < 1.29 is 4.79 Å². The average molecular weight is 382 g/mol. The Morgan fingerprint density at radius 2 is 1.81 bits per heavy atom. The molecular formula is C20H20ClN5O. The number of halogens is 1. The van der Waals surface area contributed by atoms with Crippen molar-refractivity contribution >= 4 is 17.5 Å². The van der Waals surface area contributed by atoms with E-state index in [9.17, 15) is 4.79 Å². The Bertz CT molecular complexity index is 919. The van der Waals surface area contributed by atoms with Gasteiger partial charge in [0, 0.05) is 56.3 Å². The van der Waals surface area contributed by atoms with Crippen molar-refractivity contribution in [2.75, 3.05) is 26.2 Å². The maximum Gasteiger partial charge on any atom is 0.274 e. The SMILES string of the molecule is O=C(c1ccn(-c2cccc(Cl)c2)n1)N1CCN(Cc2ccncc2)CC1. The lowest BCUT2D eigenvalue weighted by molar-refractivity contribution is 0.0622. The molecule has 1 aromatic carbocycles. The smallest absolute Gasteiger partial charge is 0.274 e. The summed E-state index contributed by atoms with van der Waals surface area (Å²) in [4.78, 5) is 21.0. The van der Waals surface area contributed by atoms with Crippen LogP contribution in [0.3, 0.4) is 0 Å². The van der Waals surface area contributed by atoms with E-state index < -0.39 is 0 Å². The van der Waals surface area contributed by atoms with Crippen LogP contribution in [0.15, 0.2) is 61.1 Å². The summed E-state index contributed by atoms with van der Waals surface area (Å²) in [6.07, 6.45) is 5.41. The first-order valence-corrected chi connectivity index (χ1v) is 9.29. The molecule has 4 rings (SSSR count). The Morgan fingerprint density at radius 3 is 2.56 bits per heavy atom. The molecule has 0 atom stereocenters. The van der Waals surface area contributed by atoms with E-state index >= 15 is 0 Å². The summed E-state index contributed by atoms with van der Waals surface area (Å²) < 4.78 is 1.68. The predicted octanol–water partition coefficient (Wildman–Crippen LogP) is 2.88. The molecule has 7 heteroatoms. The van der Waals surface area contributed by atoms with E-state index in [1.54, 1.807) is 16.9 Å². The second kappa shape index (κ2) is 7.90. The molecule has 138 valence electrons. The highest BCUT2D eigenvalue weighted by Gasteiger charge is 2.23. The lowest BCUT2D eigenvalue weighted by Crippen LogP contribution is -2.48. The summed E-state index contributed by atoms with van der Waals surface area (Å²) in [5.74, 6) is -0.0284. The highest BCUT2D eigenvalue weighted by Crippen LogP contribution is 2.15. The van der Waals surface area contributed by atoms with Gasteiger partial charge in [-0.3, -0.25) is 14.7 Å². The van der Waals surface area contributed by atoms with Crippen LogP contribution in [-0.4, -0.2) is 56.7 Å². The fraction of sp³-hybridized carbons (Fsp3) is 0.250. The lowest BCUT2D eigenvalue weighted by atomic mass is 10.2. The summed E-state index contributed by atoms with van der Waals surface area (Å²) in [6.45, 7) is 3.99. The van der Waals surface area contributed by atoms with Crippen LogP contribution in [0.4, 0.5) is 0 Å². The molecule has 2 aromatic heterocycles. The fourth-order valence-corrected chi connectivity index (χ4v) is 3.40. The lowest BCUT2D eigenvalue weighted by Gasteiger charge is -2.34. The molecule has 0 saturated carbocycles. The zero-order valence-corrected chi connectivity index (χ0v) is 15.6. The Kier molecular flexibility index (Phi) is 5.18. The number of carbonyl (C=O) groups excluding carboxylic acids is 1. The summed E-state index contributed by atoms with van der Waals surface area (Å²) in [5, 5.41) is 5.07. The van der Waals surface area contributed by atoms with Crippen LogP contribution in [-0.2, 0) is 6.54 Å². The highest BCUT2D eigenvalue weighted by molar-refractivity contribution is 6.30. The van der Waals surface area contributed by atoms with Crippen molar-refractivity contribution in [3.05, 3.63) is 77.3 Å². The number of aromatic nitrogens is 3. The third kappa shape index (κ3) is 4.18. The minimum absolute atomic E-state index is 0.0284. The second-order valence-corrected chi connectivity index (χ2v) is 6.99. The van der Waals surface area contributed by atoms with E-state index in [1.807, 2.05) is 53.7 Å². The molecular weight excluding hydrogens is 362 g/mol. The molecule has 0 aliphatic carbocycles. The first-order chi connectivity index (χ1) is 13.2. The van der Waals surface area contributed by atoms with E-state index in [0.29, 0.717) is 23.8 Å². The Morgan fingerprint density at radius 1 is 1.04 bits per heavy atom. The maximum atomic E-state index is 12.8. The molecule has 0 N–H and O–H groups in total. The molecule has 1 aliphatic heterocycles. The molecule has 0 bridgehead atoms. The van der Waals surface area contributed by atoms with Crippen molar-refractivity contribution in [2.45, 2.75) is 6.54 Å². The Labute approximate surface area is 163 Å². The van der Waals surface area contributed by atoms with E-state index in [0.717, 1.165) is 25.3 Å². The number of hydrogen-bond acceptors (Lipinski definition) is 4. The molecule has 6 nitrogen and oxygen atoms in total. The third-order valence-corrected chi connectivity index (χ3v) is 4.93. The van der Waals surface area contributed by atoms with Gasteiger partial charge in [-0.2, -0.15) is 5.10 Å². The van der Waals surface area contributed by atoms with Crippen LogP contribution in [0.5, 0.6) is 0 Å². The van der Waals surface area contributed by atoms with Crippen LogP contribution in [0.2, 0.25) is 5.02 Å². The van der Waals surface area contributed by atoms with Crippen LogP contribution in [0.25, 0.3) is 5.69 Å². The zero-order valence-electron chi connectivity index (χ0n) is 14.8. The van der Waals surface area contributed by atoms with E-state index in [4.69, 9.17) is 11.6 Å². The van der Waals surface area contributed by atoms with Gasteiger partial charge in [-0.15, -0.1) is 0 Å². The Hall–Kier alpha value is -2.70. The minimum atomic E-state index is -0.0284. The first kappa shape index (κ1) is 17.7. The number of amides is 1. The molecule has 0 unspecified atom stereocenters. The summed E-state index contributed by atoms with van der Waals surface area (Å²) in [6, 6.07) is 13.2. The predicted molar refractivity (Wildman–Crippen MR) is 104 cm³/mol. The number of piperazine rings is 1. The molecule has 1 saturated heterocycles. The number of pyridine rings is 1. The largest absolute Gasteiger partial charge is 0.335 e. The van der Waals surface area contributed by atoms with Gasteiger partial charge in [-0.25, -0.2) is 4.68 Å². The van der Waals surface area contributed by atoms with Gasteiger partial charge in [0.15, 0.2) is 5.69 Å². The van der Waals surface area contributed by atoms with Gasteiger partial charge in [-0.05, 0) is 42.0 Å². The molecule has 0 radical (unpaired) electrons. The van der Waals surface area contributed by atoms with Crippen molar-refractivity contribution in [1.29, 1.82) is 0 Å². The number of rotatable bonds is 4. The fourth-order valence-electron chi connectivity index (χ4n) is 3.22. The van der Waals surface area contributed by atoms with Gasteiger partial charge >= 0.3 is 0 Å². The van der Waals surface area contributed by atoms with Crippen molar-refractivity contribution in [3.63, 3.8) is 0 Å². The molecule has 3 heterocycles. The first-order valence-electron chi connectivity index (χ1n) is 8.91. The maximum absolute atomic E-state index is 12.8. The highest BCUT2D eigenvalue weighted by atomic mass is 35.5. The van der Waals surface area contributed by atoms with E-state index in [-0.39, 0.29) is 5.91 Å². The normalized spacial score (nSPS) is 15.1. The quantitative estimate of drug-likeness (QED) is 0.697. The van der Waals surface area contributed by atoms with Crippen LogP contribution >= 0.6 is 11.6 Å². The zero-order chi connectivity index (χ0) is 18.6. The van der Waals surface area contributed by atoms with Gasteiger partial charge in [0.2, 0.25) is 0 Å². The third-order valence-electron chi connectivity index (χ3n) is 4.70. The number of hydrogen-bond donors (Lipinski definition) is 0. The summed E-state index contributed by atoms with van der Waals surface area (Å²) in [5.41, 5.74) is 2.53. The minimum Gasteiger partial charge on any atom is -0.335 e. The molecule has 27 heavy (non-hydrogen) atoms.